The van der Waals surface area contributed by atoms with Crippen molar-refractivity contribution in [2.24, 2.45) is 0 Å². The summed E-state index contributed by atoms with van der Waals surface area (Å²) < 4.78 is 10.9. The Morgan fingerprint density at radius 1 is 1.20 bits per heavy atom. The van der Waals surface area contributed by atoms with E-state index >= 15 is 0 Å². The fourth-order valence-corrected chi connectivity index (χ4v) is 3.76. The van der Waals surface area contributed by atoms with Crippen molar-refractivity contribution in [3.63, 3.8) is 0 Å². The van der Waals surface area contributed by atoms with Crippen LogP contribution >= 0.6 is 0 Å². The third kappa shape index (κ3) is 4.61. The standard InChI is InChI=1S/C19H31N3O3/c1-19(2,3)16-13-17(21-25-16)20-18(23)15-7-5-4-6-10-22(15)14-8-11-24-12-9-14/h13-15H,4-12H2,1-3H3,(H,20,21,23). The van der Waals surface area contributed by atoms with Gasteiger partial charge in [-0.1, -0.05) is 38.8 Å². The number of nitrogens with zero attached hydrogens (tertiary/aromatic N) is 2. The Morgan fingerprint density at radius 2 is 1.96 bits per heavy atom. The second-order valence-electron chi connectivity index (χ2n) is 8.26. The number of hydrogen-bond donors (Lipinski definition) is 1. The number of carbonyl (C=O) groups excluding carboxylic acids is 1. The molecule has 1 aromatic heterocycles. The van der Waals surface area contributed by atoms with Gasteiger partial charge in [0.05, 0.1) is 6.04 Å². The van der Waals surface area contributed by atoms with Gasteiger partial charge >= 0.3 is 0 Å². The van der Waals surface area contributed by atoms with Crippen molar-refractivity contribution in [1.82, 2.24) is 10.1 Å². The van der Waals surface area contributed by atoms with Crippen LogP contribution in [-0.2, 0) is 14.9 Å². The topological polar surface area (TPSA) is 67.6 Å². The molecule has 1 amide bonds. The van der Waals surface area contributed by atoms with Crippen molar-refractivity contribution in [2.75, 3.05) is 25.1 Å². The van der Waals surface area contributed by atoms with E-state index < -0.39 is 0 Å². The Kier molecular flexibility index (Phi) is 5.79. The van der Waals surface area contributed by atoms with Crippen LogP contribution in [0.4, 0.5) is 5.82 Å². The zero-order chi connectivity index (χ0) is 17.9. The number of carbonyl (C=O) groups is 1. The molecule has 0 aromatic carbocycles. The van der Waals surface area contributed by atoms with Gasteiger partial charge in [-0.3, -0.25) is 9.69 Å². The van der Waals surface area contributed by atoms with Crippen LogP contribution in [0.15, 0.2) is 10.6 Å². The van der Waals surface area contributed by atoms with Gasteiger partial charge in [-0.05, 0) is 32.2 Å². The van der Waals surface area contributed by atoms with Crippen molar-refractivity contribution in [1.29, 1.82) is 0 Å². The number of aromatic nitrogens is 1. The minimum atomic E-state index is -0.119. The first-order chi connectivity index (χ1) is 11.9. The molecule has 1 atom stereocenters. The summed E-state index contributed by atoms with van der Waals surface area (Å²) in [5.41, 5.74) is -0.119. The van der Waals surface area contributed by atoms with E-state index in [1.807, 2.05) is 6.07 Å². The summed E-state index contributed by atoms with van der Waals surface area (Å²) in [6.07, 6.45) is 6.40. The van der Waals surface area contributed by atoms with E-state index in [1.165, 1.54) is 12.8 Å². The molecule has 1 N–H and O–H groups in total. The maximum atomic E-state index is 13.0. The van der Waals surface area contributed by atoms with Gasteiger partial charge < -0.3 is 14.6 Å². The van der Waals surface area contributed by atoms with Gasteiger partial charge in [0.15, 0.2) is 5.82 Å². The van der Waals surface area contributed by atoms with E-state index in [9.17, 15) is 4.79 Å². The highest BCUT2D eigenvalue weighted by molar-refractivity contribution is 5.94. The molecule has 140 valence electrons. The number of amides is 1. The predicted octanol–water partition coefficient (Wildman–Crippen LogP) is 3.33. The predicted molar refractivity (Wildman–Crippen MR) is 96.6 cm³/mol. The number of likely N-dealkylation sites (tertiary alicyclic amines) is 1. The molecule has 2 aliphatic rings. The van der Waals surface area contributed by atoms with Crippen LogP contribution in [0, 0.1) is 0 Å². The van der Waals surface area contributed by atoms with Crippen LogP contribution < -0.4 is 5.32 Å². The van der Waals surface area contributed by atoms with Gasteiger partial charge in [0.25, 0.3) is 0 Å². The number of ether oxygens (including phenoxy) is 1. The molecule has 0 spiro atoms. The van der Waals surface area contributed by atoms with Crippen molar-refractivity contribution < 1.29 is 14.1 Å². The minimum Gasteiger partial charge on any atom is -0.381 e. The maximum Gasteiger partial charge on any atom is 0.242 e. The second-order valence-corrected chi connectivity index (χ2v) is 8.26. The Hall–Kier alpha value is -1.40. The lowest BCUT2D eigenvalue weighted by atomic mass is 9.93. The molecule has 6 nitrogen and oxygen atoms in total. The van der Waals surface area contributed by atoms with Crippen molar-refractivity contribution in [3.05, 3.63) is 11.8 Å². The molecule has 2 saturated heterocycles. The highest BCUT2D eigenvalue weighted by Gasteiger charge is 2.33. The molecule has 0 bridgehead atoms. The van der Waals surface area contributed by atoms with E-state index in [-0.39, 0.29) is 17.4 Å². The summed E-state index contributed by atoms with van der Waals surface area (Å²) in [5.74, 6) is 1.35. The van der Waals surface area contributed by atoms with Crippen molar-refractivity contribution in [3.8, 4) is 0 Å². The first kappa shape index (κ1) is 18.4. The molecule has 0 aliphatic carbocycles. The van der Waals surface area contributed by atoms with Crippen LogP contribution in [-0.4, -0.2) is 47.8 Å². The summed E-state index contributed by atoms with van der Waals surface area (Å²) >= 11 is 0. The van der Waals surface area contributed by atoms with Crippen LogP contribution in [0.1, 0.15) is 65.1 Å². The quantitative estimate of drug-likeness (QED) is 0.906. The van der Waals surface area contributed by atoms with E-state index in [0.29, 0.717) is 11.9 Å². The largest absolute Gasteiger partial charge is 0.381 e. The lowest BCUT2D eigenvalue weighted by Crippen LogP contribution is -2.50. The lowest BCUT2D eigenvalue weighted by molar-refractivity contribution is -0.123. The van der Waals surface area contributed by atoms with E-state index in [0.717, 1.165) is 51.2 Å². The highest BCUT2D eigenvalue weighted by atomic mass is 16.5. The molecule has 3 rings (SSSR count). The average molecular weight is 349 g/mol. The Labute approximate surface area is 150 Å². The van der Waals surface area contributed by atoms with E-state index in [4.69, 9.17) is 9.26 Å². The normalized spacial score (nSPS) is 24.0. The maximum absolute atomic E-state index is 13.0. The van der Waals surface area contributed by atoms with Crippen LogP contribution in [0.3, 0.4) is 0 Å². The molecular formula is C19H31N3O3. The molecule has 3 heterocycles. The van der Waals surface area contributed by atoms with Gasteiger partial charge in [-0.15, -0.1) is 0 Å². The number of anilines is 1. The number of nitrogens with one attached hydrogen (secondary N) is 1. The van der Waals surface area contributed by atoms with Crippen LogP contribution in [0.25, 0.3) is 0 Å². The third-order valence-electron chi connectivity index (χ3n) is 5.26. The summed E-state index contributed by atoms with van der Waals surface area (Å²) in [4.78, 5) is 15.4. The summed E-state index contributed by atoms with van der Waals surface area (Å²) in [7, 11) is 0. The van der Waals surface area contributed by atoms with Gasteiger partial charge in [-0.2, -0.15) is 0 Å². The smallest absolute Gasteiger partial charge is 0.242 e. The molecule has 25 heavy (non-hydrogen) atoms. The summed E-state index contributed by atoms with van der Waals surface area (Å²) in [5, 5.41) is 7.02. The number of hydrogen-bond acceptors (Lipinski definition) is 5. The van der Waals surface area contributed by atoms with Crippen LogP contribution in [0.2, 0.25) is 0 Å². The molecule has 2 aliphatic heterocycles. The summed E-state index contributed by atoms with van der Waals surface area (Å²) in [6.45, 7) is 8.79. The second kappa shape index (κ2) is 7.87. The Morgan fingerprint density at radius 3 is 2.64 bits per heavy atom. The molecule has 0 radical (unpaired) electrons. The van der Waals surface area contributed by atoms with Gasteiger partial charge in [-0.25, -0.2) is 0 Å². The van der Waals surface area contributed by atoms with Gasteiger partial charge in [0.1, 0.15) is 5.76 Å². The first-order valence-electron chi connectivity index (χ1n) is 9.57. The molecule has 1 unspecified atom stereocenters. The van der Waals surface area contributed by atoms with E-state index in [1.54, 1.807) is 0 Å². The van der Waals surface area contributed by atoms with Gasteiger partial charge in [0.2, 0.25) is 5.91 Å². The molecule has 6 heteroatoms. The van der Waals surface area contributed by atoms with Crippen molar-refractivity contribution in [2.45, 2.75) is 76.8 Å². The first-order valence-corrected chi connectivity index (χ1v) is 9.57. The Bertz CT molecular complexity index is 573. The monoisotopic (exact) mass is 349 g/mol. The highest BCUT2D eigenvalue weighted by Crippen LogP contribution is 2.27. The molecular weight excluding hydrogens is 318 g/mol. The molecule has 1 aromatic rings. The Balaban J connectivity index is 1.69. The lowest BCUT2D eigenvalue weighted by Gasteiger charge is -2.38. The zero-order valence-corrected chi connectivity index (χ0v) is 15.7. The third-order valence-corrected chi connectivity index (χ3v) is 5.26. The minimum absolute atomic E-state index is 0.0437. The molecule has 0 saturated carbocycles. The average Bonchev–Trinajstić information content (AvgIpc) is 2.91. The van der Waals surface area contributed by atoms with E-state index in [2.05, 4.69) is 36.1 Å². The fourth-order valence-electron chi connectivity index (χ4n) is 3.76. The summed E-state index contributed by atoms with van der Waals surface area (Å²) in [6, 6.07) is 2.21. The number of rotatable bonds is 3. The zero-order valence-electron chi connectivity index (χ0n) is 15.7. The van der Waals surface area contributed by atoms with Crippen molar-refractivity contribution >= 4 is 11.7 Å². The van der Waals surface area contributed by atoms with Crippen LogP contribution in [0.5, 0.6) is 0 Å². The fraction of sp³-hybridized carbons (Fsp3) is 0.789. The SMILES string of the molecule is CC(C)(C)c1cc(NC(=O)C2CCCCCN2C2CCOCC2)no1. The molecule has 2 fully saturated rings. The van der Waals surface area contributed by atoms with Gasteiger partial charge in [0, 0.05) is 30.7 Å².